The molecule has 0 saturated heterocycles. The first kappa shape index (κ1) is 22.7. The standard InChI is InChI=1S/C25H34N2O2/c1-4-5-10-22(23-13-15-24(29-3)16-14-23)11-7-12-25(28)27-20(2)8-6-9-21-17-18-26-19-21/h7,11-18,20H,4-6,8-10,19H2,1-3H3,(H,27,28)/b12-7+,22-11+/t20-/m1/s1. The molecule has 0 radical (unpaired) electrons. The second-order valence-electron chi connectivity index (χ2n) is 7.50. The fourth-order valence-corrected chi connectivity index (χ4v) is 3.29. The van der Waals surface area contributed by atoms with Crippen LogP contribution in [0.5, 0.6) is 5.75 Å². The summed E-state index contributed by atoms with van der Waals surface area (Å²) in [6.45, 7) is 5.09. The summed E-state index contributed by atoms with van der Waals surface area (Å²) in [6.07, 6.45) is 15.8. The summed E-state index contributed by atoms with van der Waals surface area (Å²) < 4.78 is 5.24. The normalized spacial score (nSPS) is 14.9. The summed E-state index contributed by atoms with van der Waals surface area (Å²) in [7, 11) is 1.67. The number of methoxy groups -OCH3 is 1. The monoisotopic (exact) mass is 394 g/mol. The van der Waals surface area contributed by atoms with Crippen molar-refractivity contribution in [2.24, 2.45) is 4.99 Å². The molecule has 0 aliphatic carbocycles. The highest BCUT2D eigenvalue weighted by atomic mass is 16.5. The van der Waals surface area contributed by atoms with Crippen LogP contribution in [-0.4, -0.2) is 31.8 Å². The molecule has 0 spiro atoms. The van der Waals surface area contributed by atoms with Gasteiger partial charge in [0.1, 0.15) is 5.75 Å². The maximum Gasteiger partial charge on any atom is 0.244 e. The van der Waals surface area contributed by atoms with Gasteiger partial charge in [0.05, 0.1) is 13.7 Å². The molecule has 29 heavy (non-hydrogen) atoms. The minimum atomic E-state index is -0.0401. The van der Waals surface area contributed by atoms with Crippen LogP contribution in [0, 0.1) is 0 Å². The first-order chi connectivity index (χ1) is 14.1. The van der Waals surface area contributed by atoms with E-state index < -0.39 is 0 Å². The number of nitrogens with zero attached hydrogens (tertiary/aromatic N) is 1. The maximum atomic E-state index is 12.2. The van der Waals surface area contributed by atoms with E-state index in [0.717, 1.165) is 50.8 Å². The number of ether oxygens (including phenoxy) is 1. The van der Waals surface area contributed by atoms with Crippen LogP contribution in [0.25, 0.3) is 5.57 Å². The van der Waals surface area contributed by atoms with E-state index in [4.69, 9.17) is 4.74 Å². The highest BCUT2D eigenvalue weighted by Gasteiger charge is 2.06. The Balaban J connectivity index is 1.84. The number of unbranched alkanes of at least 4 members (excludes halogenated alkanes) is 1. The van der Waals surface area contributed by atoms with Crippen molar-refractivity contribution in [3.05, 3.63) is 59.7 Å². The molecule has 1 aromatic rings. The Hall–Kier alpha value is -2.62. The molecule has 0 aromatic heterocycles. The van der Waals surface area contributed by atoms with Gasteiger partial charge in [0.25, 0.3) is 0 Å². The Morgan fingerprint density at radius 2 is 2.07 bits per heavy atom. The number of amides is 1. The average molecular weight is 395 g/mol. The molecule has 0 fully saturated rings. The summed E-state index contributed by atoms with van der Waals surface area (Å²) >= 11 is 0. The van der Waals surface area contributed by atoms with Crippen LogP contribution in [0.1, 0.15) is 57.9 Å². The van der Waals surface area contributed by atoms with Gasteiger partial charge in [-0.15, -0.1) is 0 Å². The van der Waals surface area contributed by atoms with Crippen molar-refractivity contribution in [3.8, 4) is 5.75 Å². The van der Waals surface area contributed by atoms with Crippen LogP contribution in [0.3, 0.4) is 0 Å². The van der Waals surface area contributed by atoms with E-state index in [1.165, 1.54) is 16.7 Å². The Morgan fingerprint density at radius 3 is 2.72 bits per heavy atom. The minimum Gasteiger partial charge on any atom is -0.497 e. The van der Waals surface area contributed by atoms with Gasteiger partial charge >= 0.3 is 0 Å². The predicted molar refractivity (Wildman–Crippen MR) is 123 cm³/mol. The van der Waals surface area contributed by atoms with E-state index in [0.29, 0.717) is 0 Å². The van der Waals surface area contributed by atoms with E-state index in [-0.39, 0.29) is 11.9 Å². The van der Waals surface area contributed by atoms with Crippen LogP contribution in [0.15, 0.2) is 59.1 Å². The molecule has 0 unspecified atom stereocenters. The molecule has 2 rings (SSSR count). The first-order valence-electron chi connectivity index (χ1n) is 10.6. The molecule has 1 heterocycles. The predicted octanol–water partition coefficient (Wildman–Crippen LogP) is 5.51. The number of carbonyl (C=O) groups excluding carboxylic acids is 1. The van der Waals surface area contributed by atoms with Crippen molar-refractivity contribution in [1.82, 2.24) is 5.32 Å². The van der Waals surface area contributed by atoms with Crippen LogP contribution >= 0.6 is 0 Å². The number of carbonyl (C=O) groups is 1. The number of nitrogens with one attached hydrogen (secondary N) is 1. The molecular weight excluding hydrogens is 360 g/mol. The minimum absolute atomic E-state index is 0.0401. The summed E-state index contributed by atoms with van der Waals surface area (Å²) in [5.74, 6) is 0.811. The number of allylic oxidation sites excluding steroid dienone is 4. The number of rotatable bonds is 12. The van der Waals surface area contributed by atoms with Gasteiger partial charge in [0.2, 0.25) is 5.91 Å². The lowest BCUT2D eigenvalue weighted by atomic mass is 9.99. The van der Waals surface area contributed by atoms with Crippen LogP contribution in [0.2, 0.25) is 0 Å². The van der Waals surface area contributed by atoms with Gasteiger partial charge in [-0.1, -0.05) is 37.6 Å². The number of hydrogen-bond donors (Lipinski definition) is 1. The molecule has 1 aliphatic heterocycles. The lowest BCUT2D eigenvalue weighted by molar-refractivity contribution is -0.117. The highest BCUT2D eigenvalue weighted by Crippen LogP contribution is 2.23. The second kappa shape index (κ2) is 12.8. The summed E-state index contributed by atoms with van der Waals surface area (Å²) in [5.41, 5.74) is 3.79. The molecule has 1 atom stereocenters. The van der Waals surface area contributed by atoms with Gasteiger partial charge in [-0.05, 0) is 73.9 Å². The van der Waals surface area contributed by atoms with Crippen LogP contribution in [0.4, 0.5) is 0 Å². The molecule has 1 N–H and O–H groups in total. The number of hydrogen-bond acceptors (Lipinski definition) is 3. The van der Waals surface area contributed by atoms with Gasteiger partial charge in [-0.3, -0.25) is 9.79 Å². The average Bonchev–Trinajstić information content (AvgIpc) is 3.24. The van der Waals surface area contributed by atoms with E-state index in [1.54, 1.807) is 13.2 Å². The quantitative estimate of drug-likeness (QED) is 0.375. The number of aliphatic imine (C=N–C) groups is 1. The van der Waals surface area contributed by atoms with E-state index in [2.05, 4.69) is 42.4 Å². The molecule has 4 nitrogen and oxygen atoms in total. The largest absolute Gasteiger partial charge is 0.497 e. The molecule has 0 saturated carbocycles. The van der Waals surface area contributed by atoms with E-state index >= 15 is 0 Å². The summed E-state index contributed by atoms with van der Waals surface area (Å²) in [4.78, 5) is 16.4. The Kier molecular flexibility index (Phi) is 9.98. The zero-order valence-corrected chi connectivity index (χ0v) is 18.0. The van der Waals surface area contributed by atoms with Gasteiger partial charge in [0.15, 0.2) is 0 Å². The number of benzene rings is 1. The zero-order chi connectivity index (χ0) is 20.9. The zero-order valence-electron chi connectivity index (χ0n) is 18.0. The third-order valence-corrected chi connectivity index (χ3v) is 5.04. The van der Waals surface area contributed by atoms with Crippen molar-refractivity contribution in [3.63, 3.8) is 0 Å². The van der Waals surface area contributed by atoms with Gasteiger partial charge in [-0.2, -0.15) is 0 Å². The Bertz CT molecular complexity index is 758. The topological polar surface area (TPSA) is 50.7 Å². The van der Waals surface area contributed by atoms with Crippen molar-refractivity contribution in [2.45, 2.75) is 58.4 Å². The van der Waals surface area contributed by atoms with Gasteiger partial charge < -0.3 is 10.1 Å². The summed E-state index contributed by atoms with van der Waals surface area (Å²) in [6, 6.07) is 8.25. The molecular formula is C25H34N2O2. The third kappa shape index (κ3) is 8.51. The highest BCUT2D eigenvalue weighted by molar-refractivity contribution is 5.88. The van der Waals surface area contributed by atoms with E-state index in [1.807, 2.05) is 30.5 Å². The molecule has 0 bridgehead atoms. The fraction of sp³-hybridized carbons (Fsp3) is 0.440. The molecule has 1 aliphatic rings. The molecule has 1 amide bonds. The Labute approximate surface area is 175 Å². The van der Waals surface area contributed by atoms with Crippen molar-refractivity contribution in [2.75, 3.05) is 13.7 Å². The third-order valence-electron chi connectivity index (χ3n) is 5.04. The smallest absolute Gasteiger partial charge is 0.244 e. The SMILES string of the molecule is CCCC/C(=C\C=C\C(=O)N[C@H](C)CCCC1=CC=NC1)c1ccc(OC)cc1. The lowest BCUT2D eigenvalue weighted by Gasteiger charge is -2.12. The van der Waals surface area contributed by atoms with Crippen LogP contribution in [-0.2, 0) is 4.79 Å². The van der Waals surface area contributed by atoms with Crippen molar-refractivity contribution < 1.29 is 9.53 Å². The van der Waals surface area contributed by atoms with E-state index in [9.17, 15) is 4.79 Å². The molecule has 4 heteroatoms. The van der Waals surface area contributed by atoms with Crippen LogP contribution < -0.4 is 10.1 Å². The summed E-state index contributed by atoms with van der Waals surface area (Å²) in [5, 5.41) is 3.05. The van der Waals surface area contributed by atoms with Gasteiger partial charge in [-0.25, -0.2) is 0 Å². The fourth-order valence-electron chi connectivity index (χ4n) is 3.29. The van der Waals surface area contributed by atoms with Crippen molar-refractivity contribution >= 4 is 17.7 Å². The molecule has 1 aromatic carbocycles. The maximum absolute atomic E-state index is 12.2. The molecule has 156 valence electrons. The lowest BCUT2D eigenvalue weighted by Crippen LogP contribution is -2.30. The first-order valence-corrected chi connectivity index (χ1v) is 10.6. The Morgan fingerprint density at radius 1 is 1.28 bits per heavy atom. The van der Waals surface area contributed by atoms with Gasteiger partial charge in [0, 0.05) is 18.3 Å². The second-order valence-corrected chi connectivity index (χ2v) is 7.50. The van der Waals surface area contributed by atoms with Crippen molar-refractivity contribution in [1.29, 1.82) is 0 Å².